The third-order valence-corrected chi connectivity index (χ3v) is 2.79. The molecule has 0 saturated heterocycles. The quantitative estimate of drug-likeness (QED) is 0.507. The first-order valence-corrected chi connectivity index (χ1v) is 6.33. The maximum Gasteiger partial charge on any atom is 0.272 e. The molecule has 0 fully saturated rings. The van der Waals surface area contributed by atoms with Gasteiger partial charge in [0, 0.05) is 18.1 Å². The Bertz CT molecular complexity index is 606. The number of nitrogens with one attached hydrogen (secondary N) is 1. The predicted octanol–water partition coefficient (Wildman–Crippen LogP) is 2.21. The van der Waals surface area contributed by atoms with Crippen molar-refractivity contribution in [2.75, 3.05) is 5.73 Å². The number of anilines is 1. The van der Waals surface area contributed by atoms with Crippen molar-refractivity contribution >= 4 is 17.3 Å². The Morgan fingerprint density at radius 3 is 2.60 bits per heavy atom. The fourth-order valence-electron chi connectivity index (χ4n) is 1.70. The van der Waals surface area contributed by atoms with Crippen molar-refractivity contribution in [3.63, 3.8) is 0 Å². The van der Waals surface area contributed by atoms with Crippen molar-refractivity contribution in [3.8, 4) is 0 Å². The Labute approximate surface area is 117 Å². The zero-order chi connectivity index (χ0) is 14.4. The highest BCUT2D eigenvalue weighted by Gasteiger charge is 2.05. The standard InChI is InChI=1S/C15H16N4O/c1-2-14(11-5-7-13(16)8-6-11)18-19-15(20)12-4-3-9-17-10-12/h3-10H,2,16H2,1H3,(H,19,20). The highest BCUT2D eigenvalue weighted by Crippen LogP contribution is 2.08. The molecule has 0 aliphatic carbocycles. The number of amides is 1. The van der Waals surface area contributed by atoms with Gasteiger partial charge in [-0.1, -0.05) is 19.1 Å². The molecule has 1 aromatic carbocycles. The van der Waals surface area contributed by atoms with E-state index in [9.17, 15) is 4.79 Å². The lowest BCUT2D eigenvalue weighted by atomic mass is 10.1. The number of carbonyl (C=O) groups is 1. The summed E-state index contributed by atoms with van der Waals surface area (Å²) in [5.74, 6) is -0.278. The lowest BCUT2D eigenvalue weighted by Gasteiger charge is -2.05. The van der Waals surface area contributed by atoms with Crippen LogP contribution >= 0.6 is 0 Å². The molecule has 0 aliphatic rings. The summed E-state index contributed by atoms with van der Waals surface area (Å²) in [5.41, 5.74) is 11.1. The average molecular weight is 268 g/mol. The number of nitrogens with two attached hydrogens (primary N) is 1. The molecule has 0 aliphatic heterocycles. The molecular weight excluding hydrogens is 252 g/mol. The normalized spacial score (nSPS) is 11.2. The molecule has 1 amide bonds. The van der Waals surface area contributed by atoms with Crippen LogP contribution in [0.1, 0.15) is 29.3 Å². The summed E-state index contributed by atoms with van der Waals surface area (Å²) < 4.78 is 0. The molecule has 5 heteroatoms. The SMILES string of the molecule is CCC(=NNC(=O)c1cccnc1)c1ccc(N)cc1. The number of hydrogen-bond acceptors (Lipinski definition) is 4. The van der Waals surface area contributed by atoms with Crippen LogP contribution in [0.15, 0.2) is 53.9 Å². The van der Waals surface area contributed by atoms with Crippen LogP contribution < -0.4 is 11.2 Å². The molecule has 0 unspecified atom stereocenters. The van der Waals surface area contributed by atoms with E-state index in [2.05, 4.69) is 15.5 Å². The second-order valence-electron chi connectivity index (χ2n) is 4.22. The van der Waals surface area contributed by atoms with E-state index in [0.717, 1.165) is 11.3 Å². The predicted molar refractivity (Wildman–Crippen MR) is 79.4 cm³/mol. The van der Waals surface area contributed by atoms with Crippen molar-refractivity contribution in [1.82, 2.24) is 10.4 Å². The fourth-order valence-corrected chi connectivity index (χ4v) is 1.70. The number of hydrazone groups is 1. The maximum atomic E-state index is 11.9. The first-order chi connectivity index (χ1) is 9.70. The van der Waals surface area contributed by atoms with E-state index < -0.39 is 0 Å². The number of nitrogens with zero attached hydrogens (tertiary/aromatic N) is 2. The van der Waals surface area contributed by atoms with Crippen molar-refractivity contribution < 1.29 is 4.79 Å². The minimum absolute atomic E-state index is 0.278. The van der Waals surface area contributed by atoms with Gasteiger partial charge in [0.25, 0.3) is 5.91 Å². The van der Waals surface area contributed by atoms with E-state index in [0.29, 0.717) is 17.7 Å². The van der Waals surface area contributed by atoms with E-state index in [-0.39, 0.29) is 5.91 Å². The molecule has 0 radical (unpaired) electrons. The fraction of sp³-hybridized carbons (Fsp3) is 0.133. The van der Waals surface area contributed by atoms with Crippen LogP contribution in [0.25, 0.3) is 0 Å². The molecule has 2 aromatic rings. The molecule has 20 heavy (non-hydrogen) atoms. The minimum atomic E-state index is -0.278. The minimum Gasteiger partial charge on any atom is -0.399 e. The van der Waals surface area contributed by atoms with Crippen LogP contribution in [-0.4, -0.2) is 16.6 Å². The molecule has 102 valence electrons. The Morgan fingerprint density at radius 2 is 2.00 bits per heavy atom. The smallest absolute Gasteiger partial charge is 0.272 e. The van der Waals surface area contributed by atoms with Gasteiger partial charge in [-0.05, 0) is 36.2 Å². The number of carbonyl (C=O) groups excluding carboxylic acids is 1. The van der Waals surface area contributed by atoms with E-state index in [1.165, 1.54) is 6.20 Å². The Morgan fingerprint density at radius 1 is 1.25 bits per heavy atom. The van der Waals surface area contributed by atoms with Gasteiger partial charge in [0.15, 0.2) is 0 Å². The van der Waals surface area contributed by atoms with Gasteiger partial charge in [0.1, 0.15) is 0 Å². The Kier molecular flexibility index (Phi) is 4.44. The van der Waals surface area contributed by atoms with E-state index >= 15 is 0 Å². The Hall–Kier alpha value is -2.69. The zero-order valence-corrected chi connectivity index (χ0v) is 11.2. The molecule has 5 nitrogen and oxygen atoms in total. The highest BCUT2D eigenvalue weighted by atomic mass is 16.2. The Balaban J connectivity index is 2.12. The first-order valence-electron chi connectivity index (χ1n) is 6.33. The topological polar surface area (TPSA) is 80.4 Å². The van der Waals surface area contributed by atoms with Crippen LogP contribution in [0.2, 0.25) is 0 Å². The summed E-state index contributed by atoms with van der Waals surface area (Å²) in [6.45, 7) is 1.98. The maximum absolute atomic E-state index is 11.9. The molecular formula is C15H16N4O. The lowest BCUT2D eigenvalue weighted by molar-refractivity contribution is 0.0954. The van der Waals surface area contributed by atoms with E-state index in [1.54, 1.807) is 18.3 Å². The van der Waals surface area contributed by atoms with Crippen molar-refractivity contribution in [2.24, 2.45) is 5.10 Å². The van der Waals surface area contributed by atoms with Gasteiger partial charge in [-0.15, -0.1) is 0 Å². The molecule has 0 atom stereocenters. The number of nitrogen functional groups attached to an aromatic ring is 1. The monoisotopic (exact) mass is 268 g/mol. The van der Waals surface area contributed by atoms with Crippen LogP contribution in [0.3, 0.4) is 0 Å². The van der Waals surface area contributed by atoms with Gasteiger partial charge in [-0.2, -0.15) is 5.10 Å². The van der Waals surface area contributed by atoms with Gasteiger partial charge in [-0.25, -0.2) is 5.43 Å². The third-order valence-electron chi connectivity index (χ3n) is 2.79. The van der Waals surface area contributed by atoms with Crippen LogP contribution in [0, 0.1) is 0 Å². The lowest BCUT2D eigenvalue weighted by Crippen LogP contribution is -2.20. The van der Waals surface area contributed by atoms with E-state index in [1.807, 2.05) is 31.2 Å². The number of rotatable bonds is 4. The summed E-state index contributed by atoms with van der Waals surface area (Å²) in [7, 11) is 0. The van der Waals surface area contributed by atoms with E-state index in [4.69, 9.17) is 5.73 Å². The van der Waals surface area contributed by atoms with Gasteiger partial charge in [-0.3, -0.25) is 9.78 Å². The largest absolute Gasteiger partial charge is 0.399 e. The number of benzene rings is 1. The van der Waals surface area contributed by atoms with Crippen molar-refractivity contribution in [2.45, 2.75) is 13.3 Å². The molecule has 3 N–H and O–H groups in total. The average Bonchev–Trinajstić information content (AvgIpc) is 2.50. The van der Waals surface area contributed by atoms with Crippen LogP contribution in [-0.2, 0) is 0 Å². The number of pyridine rings is 1. The second kappa shape index (κ2) is 6.47. The summed E-state index contributed by atoms with van der Waals surface area (Å²) in [6, 6.07) is 10.8. The zero-order valence-electron chi connectivity index (χ0n) is 11.2. The van der Waals surface area contributed by atoms with Crippen LogP contribution in [0.5, 0.6) is 0 Å². The summed E-state index contributed by atoms with van der Waals surface area (Å²) in [4.78, 5) is 15.8. The van der Waals surface area contributed by atoms with Crippen LogP contribution in [0.4, 0.5) is 5.69 Å². The van der Waals surface area contributed by atoms with Gasteiger partial charge >= 0.3 is 0 Å². The molecule has 1 aromatic heterocycles. The van der Waals surface area contributed by atoms with Gasteiger partial charge < -0.3 is 5.73 Å². The summed E-state index contributed by atoms with van der Waals surface area (Å²) in [6.07, 6.45) is 3.82. The number of hydrogen-bond donors (Lipinski definition) is 2. The first kappa shape index (κ1) is 13.7. The molecule has 0 spiro atoms. The molecule has 0 bridgehead atoms. The number of aromatic nitrogens is 1. The van der Waals surface area contributed by atoms with Gasteiger partial charge in [0.2, 0.25) is 0 Å². The molecule has 0 saturated carbocycles. The highest BCUT2D eigenvalue weighted by molar-refractivity contribution is 6.02. The third kappa shape index (κ3) is 3.41. The summed E-state index contributed by atoms with van der Waals surface area (Å²) >= 11 is 0. The van der Waals surface area contributed by atoms with Gasteiger partial charge in [0.05, 0.1) is 11.3 Å². The summed E-state index contributed by atoms with van der Waals surface area (Å²) in [5, 5.41) is 4.17. The van der Waals surface area contributed by atoms with Crippen molar-refractivity contribution in [1.29, 1.82) is 0 Å². The second-order valence-corrected chi connectivity index (χ2v) is 4.22. The van der Waals surface area contributed by atoms with Crippen molar-refractivity contribution in [3.05, 3.63) is 59.9 Å². The molecule has 1 heterocycles. The molecule has 2 rings (SSSR count).